The van der Waals surface area contributed by atoms with Gasteiger partial charge in [0, 0.05) is 17.0 Å². The summed E-state index contributed by atoms with van der Waals surface area (Å²) in [5.74, 6) is 2.12. The number of aliphatic hydroxyl groups excluding tert-OH is 1. The molecule has 222 valence electrons. The van der Waals surface area contributed by atoms with E-state index < -0.39 is 0 Å². The van der Waals surface area contributed by atoms with E-state index in [2.05, 4.69) is 18.1 Å². The predicted octanol–water partition coefficient (Wildman–Crippen LogP) is 7.35. The zero-order valence-corrected chi connectivity index (χ0v) is 25.8. The maximum Gasteiger partial charge on any atom is 0.243 e. The topological polar surface area (TPSA) is 85.5 Å². The monoisotopic (exact) mass is 613 g/mol. The van der Waals surface area contributed by atoms with Crippen molar-refractivity contribution in [2.75, 3.05) is 10.7 Å². The van der Waals surface area contributed by atoms with Gasteiger partial charge in [-0.25, -0.2) is 0 Å². The second-order valence-corrected chi connectivity index (χ2v) is 14.1. The van der Waals surface area contributed by atoms with Gasteiger partial charge in [0.05, 0.1) is 23.3 Å². The fourth-order valence-electron chi connectivity index (χ4n) is 8.16. The second kappa shape index (κ2) is 11.4. The minimum Gasteiger partial charge on any atom is -0.508 e. The van der Waals surface area contributed by atoms with Crippen molar-refractivity contribution in [3.05, 3.63) is 94.0 Å². The van der Waals surface area contributed by atoms with E-state index in [0.29, 0.717) is 51.6 Å². The summed E-state index contributed by atoms with van der Waals surface area (Å²) in [6.07, 6.45) is 6.45. The second-order valence-electron chi connectivity index (χ2n) is 12.7. The molecule has 43 heavy (non-hydrogen) atoms. The van der Waals surface area contributed by atoms with Crippen LogP contribution in [-0.4, -0.2) is 38.9 Å². The molecule has 5 atom stereocenters. The van der Waals surface area contributed by atoms with Gasteiger partial charge in [0.1, 0.15) is 5.75 Å². The Hall–Kier alpha value is -3.13. The number of rotatable bonds is 5. The lowest BCUT2D eigenvalue weighted by Gasteiger charge is -2.50. The molecule has 2 N–H and O–H groups in total. The minimum absolute atomic E-state index is 0.0320. The third-order valence-corrected chi connectivity index (χ3v) is 11.6. The van der Waals surface area contributed by atoms with Gasteiger partial charge in [-0.2, -0.15) is 5.10 Å². The van der Waals surface area contributed by atoms with Crippen molar-refractivity contribution >= 4 is 45.8 Å². The number of hydrogen-bond donors (Lipinski definition) is 2. The van der Waals surface area contributed by atoms with Crippen molar-refractivity contribution in [2.45, 2.75) is 63.9 Å². The number of benzene rings is 3. The fourth-order valence-corrected chi connectivity index (χ4v) is 9.10. The van der Waals surface area contributed by atoms with Crippen LogP contribution in [0.4, 0.5) is 5.69 Å². The number of halogens is 1. The quantitative estimate of drug-likeness (QED) is 0.233. The fraction of sp³-hybridized carbons (Fsp3) is 0.400. The van der Waals surface area contributed by atoms with Crippen LogP contribution < -0.4 is 4.90 Å². The first-order chi connectivity index (χ1) is 20.8. The molecule has 4 aliphatic rings. The van der Waals surface area contributed by atoms with E-state index in [-0.39, 0.29) is 17.4 Å². The average Bonchev–Trinajstić information content (AvgIpc) is 3.54. The summed E-state index contributed by atoms with van der Waals surface area (Å²) in [7, 11) is 0. The van der Waals surface area contributed by atoms with Crippen LogP contribution in [-0.2, 0) is 17.6 Å². The first-order valence-corrected chi connectivity index (χ1v) is 16.6. The number of nitrogens with zero attached hydrogens (tertiary/aromatic N) is 3. The maximum absolute atomic E-state index is 12.8. The number of aliphatic hydroxyl groups is 1. The molecule has 1 amide bonds. The molecule has 0 radical (unpaired) electrons. The minimum atomic E-state index is -0.189. The van der Waals surface area contributed by atoms with Crippen LogP contribution in [0.2, 0.25) is 5.02 Å². The molecule has 7 rings (SSSR count). The molecule has 3 aromatic carbocycles. The molecule has 2 saturated carbocycles. The molecule has 0 aromatic heterocycles. The number of aromatic hydroxyl groups is 1. The number of hydrogen-bond acceptors (Lipinski definition) is 6. The summed E-state index contributed by atoms with van der Waals surface area (Å²) < 4.78 is 0. The molecular formula is C35H36ClN3O3S. The van der Waals surface area contributed by atoms with Crippen LogP contribution in [0.15, 0.2) is 76.9 Å². The SMILES string of the molecule is C[C@]12CC[C@@H]3c4cc(C/C(=N/N=C5\SCC(=O)N5c5ccc(Cl)cc5)c5ccccc5)c(O)cc4CC[C@H]3[C@@H]1CC[C@@H]2O. The van der Waals surface area contributed by atoms with Crippen LogP contribution in [0, 0.1) is 17.3 Å². The zero-order valence-electron chi connectivity index (χ0n) is 24.2. The first-order valence-electron chi connectivity index (χ1n) is 15.3. The summed E-state index contributed by atoms with van der Waals surface area (Å²) in [6.45, 7) is 2.30. The largest absolute Gasteiger partial charge is 0.508 e. The molecule has 1 saturated heterocycles. The van der Waals surface area contributed by atoms with Gasteiger partial charge in [0.2, 0.25) is 5.91 Å². The van der Waals surface area contributed by atoms with Gasteiger partial charge < -0.3 is 10.2 Å². The highest BCUT2D eigenvalue weighted by Crippen LogP contribution is 2.61. The van der Waals surface area contributed by atoms with E-state index in [1.807, 2.05) is 48.5 Å². The Morgan fingerprint density at radius 2 is 1.86 bits per heavy atom. The Morgan fingerprint density at radius 3 is 2.65 bits per heavy atom. The van der Waals surface area contributed by atoms with Gasteiger partial charge in [-0.3, -0.25) is 9.69 Å². The van der Waals surface area contributed by atoms with Crippen LogP contribution in [0.3, 0.4) is 0 Å². The number of amides is 1. The summed E-state index contributed by atoms with van der Waals surface area (Å²) >= 11 is 7.44. The Bertz CT molecular complexity index is 1610. The van der Waals surface area contributed by atoms with Crippen LogP contribution in [0.1, 0.15) is 67.2 Å². The summed E-state index contributed by atoms with van der Waals surface area (Å²) in [5.41, 5.74) is 5.83. The summed E-state index contributed by atoms with van der Waals surface area (Å²) in [6, 6.07) is 21.2. The molecule has 3 aromatic rings. The van der Waals surface area contributed by atoms with Gasteiger partial charge >= 0.3 is 0 Å². The Balaban J connectivity index is 1.22. The van der Waals surface area contributed by atoms with Crippen LogP contribution in [0.5, 0.6) is 5.75 Å². The van der Waals surface area contributed by atoms with Gasteiger partial charge in [-0.1, -0.05) is 66.7 Å². The third kappa shape index (κ3) is 5.19. The van der Waals surface area contributed by atoms with Crippen molar-refractivity contribution in [3.8, 4) is 5.75 Å². The first kappa shape index (κ1) is 28.6. The molecule has 0 unspecified atom stereocenters. The number of phenols is 1. The highest BCUT2D eigenvalue weighted by atomic mass is 35.5. The molecule has 1 heterocycles. The highest BCUT2D eigenvalue weighted by molar-refractivity contribution is 8.15. The molecular weight excluding hydrogens is 578 g/mol. The number of carbonyl (C=O) groups excluding carboxylic acids is 1. The maximum atomic E-state index is 12.8. The molecule has 0 spiro atoms. The third-order valence-electron chi connectivity index (χ3n) is 10.4. The number of amidine groups is 1. The van der Waals surface area contributed by atoms with Crippen molar-refractivity contribution < 1.29 is 15.0 Å². The van der Waals surface area contributed by atoms with Gasteiger partial charge in [0.15, 0.2) is 5.17 Å². The molecule has 3 aliphatic carbocycles. The van der Waals surface area contributed by atoms with Crippen LogP contribution in [0.25, 0.3) is 0 Å². The summed E-state index contributed by atoms with van der Waals surface area (Å²) in [4.78, 5) is 14.4. The lowest BCUT2D eigenvalue weighted by molar-refractivity contribution is -0.115. The number of anilines is 1. The Labute approximate surface area is 261 Å². The van der Waals surface area contributed by atoms with E-state index in [9.17, 15) is 15.0 Å². The molecule has 6 nitrogen and oxygen atoms in total. The average molecular weight is 614 g/mol. The molecule has 3 fully saturated rings. The van der Waals surface area contributed by atoms with E-state index in [1.165, 1.54) is 22.9 Å². The number of thioether (sulfide) groups is 1. The normalized spacial score (nSPS) is 29.5. The number of aryl methyl sites for hydroxylation is 1. The standard InChI is InChI=1S/C35H36ClN3O3S/c1-35-16-15-26-27(29(35)13-14-32(35)41)12-7-22-19-31(40)23(17-28(22)26)18-30(21-5-3-2-4-6-21)37-38-34-39(33(42)20-43-34)25-10-8-24(36)9-11-25/h2-6,8-11,17,19,26-27,29,32,40-41H,7,12-16,18,20H2,1H3/b37-30-,38-34-/t26-,27+,29-,32-,35-/m0/s1. The molecule has 1 aliphatic heterocycles. The lowest BCUT2D eigenvalue weighted by Crippen LogP contribution is -2.43. The summed E-state index contributed by atoms with van der Waals surface area (Å²) in [5, 5.41) is 32.5. The van der Waals surface area contributed by atoms with Crippen molar-refractivity contribution in [3.63, 3.8) is 0 Å². The van der Waals surface area contributed by atoms with Crippen molar-refractivity contribution in [2.24, 2.45) is 27.5 Å². The number of carbonyl (C=O) groups is 1. The van der Waals surface area contributed by atoms with E-state index in [1.54, 1.807) is 17.0 Å². The van der Waals surface area contributed by atoms with E-state index in [4.69, 9.17) is 16.7 Å². The van der Waals surface area contributed by atoms with Gasteiger partial charge in [-0.05, 0) is 109 Å². The Morgan fingerprint density at radius 1 is 1.07 bits per heavy atom. The smallest absolute Gasteiger partial charge is 0.243 e. The van der Waals surface area contributed by atoms with Crippen LogP contribution >= 0.6 is 23.4 Å². The van der Waals surface area contributed by atoms with E-state index in [0.717, 1.165) is 55.4 Å². The number of phenolic OH excluding ortho intramolecular Hbond substituents is 1. The highest BCUT2D eigenvalue weighted by Gasteiger charge is 2.54. The lowest BCUT2D eigenvalue weighted by atomic mass is 9.55. The zero-order chi connectivity index (χ0) is 29.7. The van der Waals surface area contributed by atoms with Gasteiger partial charge in [0.25, 0.3) is 0 Å². The van der Waals surface area contributed by atoms with E-state index >= 15 is 0 Å². The molecule has 8 heteroatoms. The van der Waals surface area contributed by atoms with Crippen molar-refractivity contribution in [1.82, 2.24) is 0 Å². The number of fused-ring (bicyclic) bond motifs is 5. The van der Waals surface area contributed by atoms with Gasteiger partial charge in [-0.15, -0.1) is 5.10 Å². The Kier molecular flexibility index (Phi) is 7.60. The van der Waals surface area contributed by atoms with Crippen molar-refractivity contribution in [1.29, 1.82) is 0 Å². The molecule has 0 bridgehead atoms. The predicted molar refractivity (Wildman–Crippen MR) is 174 cm³/mol.